The second-order valence-corrected chi connectivity index (χ2v) is 6.23. The third-order valence-electron chi connectivity index (χ3n) is 4.35. The fourth-order valence-electron chi connectivity index (χ4n) is 2.91. The zero-order chi connectivity index (χ0) is 18.2. The number of imide groups is 1. The molecule has 3 amide bonds. The molecule has 1 fully saturated rings. The maximum Gasteiger partial charge on any atom is 0.321 e. The predicted octanol–water partition coefficient (Wildman–Crippen LogP) is 2.66. The summed E-state index contributed by atoms with van der Waals surface area (Å²) in [5, 5.41) is 8.31. The van der Waals surface area contributed by atoms with Gasteiger partial charge in [0.1, 0.15) is 17.5 Å². The summed E-state index contributed by atoms with van der Waals surface area (Å²) in [7, 11) is 3.12. The first-order valence-electron chi connectivity index (χ1n) is 8.63. The van der Waals surface area contributed by atoms with Crippen LogP contribution in [0.1, 0.15) is 39.0 Å². The monoisotopic (exact) mass is 349 g/mol. The van der Waals surface area contributed by atoms with Crippen LogP contribution in [0.15, 0.2) is 18.2 Å². The van der Waals surface area contributed by atoms with Gasteiger partial charge in [0.25, 0.3) is 0 Å². The first-order valence-corrected chi connectivity index (χ1v) is 8.63. The Morgan fingerprint density at radius 1 is 1.12 bits per heavy atom. The molecular formula is C18H27N3O4. The van der Waals surface area contributed by atoms with Crippen LogP contribution in [0.3, 0.4) is 0 Å². The molecule has 138 valence electrons. The zero-order valence-corrected chi connectivity index (χ0v) is 15.1. The number of anilines is 1. The number of amides is 3. The van der Waals surface area contributed by atoms with Crippen LogP contribution < -0.4 is 25.4 Å². The number of rotatable bonds is 6. The van der Waals surface area contributed by atoms with E-state index < -0.39 is 18.0 Å². The van der Waals surface area contributed by atoms with Crippen molar-refractivity contribution in [1.82, 2.24) is 10.6 Å². The fourth-order valence-corrected chi connectivity index (χ4v) is 2.91. The zero-order valence-electron chi connectivity index (χ0n) is 15.1. The quantitative estimate of drug-likeness (QED) is 0.735. The summed E-state index contributed by atoms with van der Waals surface area (Å²) in [5.74, 6) is 0.822. The van der Waals surface area contributed by atoms with Crippen LogP contribution in [0.5, 0.6) is 11.5 Å². The largest absolute Gasteiger partial charge is 0.497 e. The average Bonchev–Trinajstić information content (AvgIpc) is 2.62. The van der Waals surface area contributed by atoms with Gasteiger partial charge in [-0.3, -0.25) is 10.1 Å². The first kappa shape index (κ1) is 18.9. The van der Waals surface area contributed by atoms with Crippen LogP contribution >= 0.6 is 0 Å². The molecule has 2 rings (SSSR count). The Morgan fingerprint density at radius 3 is 2.48 bits per heavy atom. The van der Waals surface area contributed by atoms with Gasteiger partial charge >= 0.3 is 6.03 Å². The molecule has 0 aliphatic heterocycles. The van der Waals surface area contributed by atoms with Crippen molar-refractivity contribution in [3.8, 4) is 11.5 Å². The number of carbonyl (C=O) groups is 2. The molecule has 0 saturated heterocycles. The highest BCUT2D eigenvalue weighted by Gasteiger charge is 2.20. The van der Waals surface area contributed by atoms with Crippen LogP contribution in [-0.4, -0.2) is 38.2 Å². The number of carbonyl (C=O) groups excluding carboxylic acids is 2. The van der Waals surface area contributed by atoms with E-state index in [0.29, 0.717) is 17.2 Å². The van der Waals surface area contributed by atoms with Gasteiger partial charge in [-0.2, -0.15) is 0 Å². The molecule has 7 heteroatoms. The predicted molar refractivity (Wildman–Crippen MR) is 96.2 cm³/mol. The second kappa shape index (κ2) is 9.15. The molecule has 25 heavy (non-hydrogen) atoms. The molecule has 0 radical (unpaired) electrons. The minimum atomic E-state index is -0.598. The van der Waals surface area contributed by atoms with Gasteiger partial charge in [-0.05, 0) is 31.9 Å². The van der Waals surface area contributed by atoms with Crippen LogP contribution in [0.2, 0.25) is 0 Å². The minimum absolute atomic E-state index is 0.159. The number of nitrogens with one attached hydrogen (secondary N) is 3. The third kappa shape index (κ3) is 5.55. The van der Waals surface area contributed by atoms with Gasteiger partial charge in [-0.1, -0.05) is 19.3 Å². The Hall–Kier alpha value is -2.44. The van der Waals surface area contributed by atoms with Crippen molar-refractivity contribution >= 4 is 17.6 Å². The van der Waals surface area contributed by atoms with Crippen LogP contribution in [0.25, 0.3) is 0 Å². The van der Waals surface area contributed by atoms with Crippen molar-refractivity contribution in [3.05, 3.63) is 18.2 Å². The van der Waals surface area contributed by atoms with E-state index in [9.17, 15) is 9.59 Å². The summed E-state index contributed by atoms with van der Waals surface area (Å²) >= 11 is 0. The van der Waals surface area contributed by atoms with Crippen LogP contribution in [0, 0.1) is 0 Å². The van der Waals surface area contributed by atoms with E-state index in [1.54, 1.807) is 39.3 Å². The fraction of sp³-hybridized carbons (Fsp3) is 0.556. The van der Waals surface area contributed by atoms with E-state index in [-0.39, 0.29) is 6.04 Å². The van der Waals surface area contributed by atoms with Gasteiger partial charge in [0.05, 0.1) is 19.9 Å². The Bertz CT molecular complexity index is 600. The Labute approximate surface area is 148 Å². The number of benzene rings is 1. The summed E-state index contributed by atoms with van der Waals surface area (Å²) in [4.78, 5) is 24.2. The SMILES string of the molecule is COc1ccc(NC(C)C(=O)NC(=O)NC2CCCCC2)c(OC)c1. The van der Waals surface area contributed by atoms with E-state index in [1.165, 1.54) is 6.42 Å². The van der Waals surface area contributed by atoms with Crippen molar-refractivity contribution in [1.29, 1.82) is 0 Å². The molecule has 0 heterocycles. The molecule has 0 bridgehead atoms. The number of urea groups is 1. The standard InChI is InChI=1S/C18H27N3O4/c1-12(19-15-10-9-14(24-2)11-16(15)25-3)17(22)21-18(23)20-13-7-5-4-6-8-13/h9-13,19H,4-8H2,1-3H3,(H2,20,21,22,23). The summed E-state index contributed by atoms with van der Waals surface area (Å²) in [6.45, 7) is 1.69. The highest BCUT2D eigenvalue weighted by molar-refractivity contribution is 5.98. The molecule has 1 saturated carbocycles. The Morgan fingerprint density at radius 2 is 1.84 bits per heavy atom. The molecule has 1 unspecified atom stereocenters. The van der Waals surface area contributed by atoms with Gasteiger partial charge < -0.3 is 20.1 Å². The molecule has 7 nitrogen and oxygen atoms in total. The summed E-state index contributed by atoms with van der Waals surface area (Å²) in [6, 6.07) is 4.38. The van der Waals surface area contributed by atoms with Gasteiger partial charge in [-0.25, -0.2) is 4.79 Å². The van der Waals surface area contributed by atoms with E-state index in [2.05, 4.69) is 16.0 Å². The molecule has 0 aromatic heterocycles. The maximum atomic E-state index is 12.2. The summed E-state index contributed by atoms with van der Waals surface area (Å²) in [6.07, 6.45) is 5.39. The Kier molecular flexibility index (Phi) is 6.91. The highest BCUT2D eigenvalue weighted by atomic mass is 16.5. The number of ether oxygens (including phenoxy) is 2. The summed E-state index contributed by atoms with van der Waals surface area (Å²) < 4.78 is 10.4. The molecule has 1 aromatic rings. The molecule has 3 N–H and O–H groups in total. The number of hydrogen-bond donors (Lipinski definition) is 3. The van der Waals surface area contributed by atoms with E-state index >= 15 is 0 Å². The molecule has 1 aliphatic carbocycles. The smallest absolute Gasteiger partial charge is 0.321 e. The normalized spacial score (nSPS) is 15.8. The topological polar surface area (TPSA) is 88.7 Å². The van der Waals surface area contributed by atoms with Crippen molar-refractivity contribution < 1.29 is 19.1 Å². The van der Waals surface area contributed by atoms with Crippen molar-refractivity contribution in [2.75, 3.05) is 19.5 Å². The lowest BCUT2D eigenvalue weighted by atomic mass is 9.96. The van der Waals surface area contributed by atoms with E-state index in [0.717, 1.165) is 25.7 Å². The van der Waals surface area contributed by atoms with Gasteiger partial charge in [0.2, 0.25) is 5.91 Å². The van der Waals surface area contributed by atoms with Crippen molar-refractivity contribution in [3.63, 3.8) is 0 Å². The lowest BCUT2D eigenvalue weighted by Gasteiger charge is -2.23. The minimum Gasteiger partial charge on any atom is -0.497 e. The van der Waals surface area contributed by atoms with E-state index in [4.69, 9.17) is 9.47 Å². The van der Waals surface area contributed by atoms with Crippen LogP contribution in [0.4, 0.5) is 10.5 Å². The molecular weight excluding hydrogens is 322 g/mol. The lowest BCUT2D eigenvalue weighted by molar-refractivity contribution is -0.120. The molecule has 1 aromatic carbocycles. The molecule has 1 aliphatic rings. The number of hydrogen-bond acceptors (Lipinski definition) is 5. The number of methoxy groups -OCH3 is 2. The second-order valence-electron chi connectivity index (χ2n) is 6.23. The van der Waals surface area contributed by atoms with Gasteiger partial charge in [0.15, 0.2) is 0 Å². The molecule has 0 spiro atoms. The molecule has 1 atom stereocenters. The highest BCUT2D eigenvalue weighted by Crippen LogP contribution is 2.29. The Balaban J connectivity index is 1.88. The average molecular weight is 349 g/mol. The van der Waals surface area contributed by atoms with Crippen molar-refractivity contribution in [2.45, 2.75) is 51.1 Å². The van der Waals surface area contributed by atoms with Gasteiger partial charge in [-0.15, -0.1) is 0 Å². The summed E-state index contributed by atoms with van der Waals surface area (Å²) in [5.41, 5.74) is 0.652. The lowest BCUT2D eigenvalue weighted by Crippen LogP contribution is -2.49. The van der Waals surface area contributed by atoms with Crippen LogP contribution in [-0.2, 0) is 4.79 Å². The maximum absolute atomic E-state index is 12.2. The third-order valence-corrected chi connectivity index (χ3v) is 4.35. The van der Waals surface area contributed by atoms with Gasteiger partial charge in [0, 0.05) is 12.1 Å². The first-order chi connectivity index (χ1) is 12.0. The van der Waals surface area contributed by atoms with Crippen molar-refractivity contribution in [2.24, 2.45) is 0 Å². The van der Waals surface area contributed by atoms with E-state index in [1.807, 2.05) is 0 Å².